The standard InChI is InChI=1S/C27H22N2O3S/c1-3-32-26(31)23-17(2)28-27-29(25(30)22(33-27)16-18-10-5-4-6-11-18)24(23)21-15-9-13-19-12-7-8-14-20(19)21/h4-16,24H,3H2,1-2H3/b22-16-/t24-/m1/s1. The van der Waals surface area contributed by atoms with Gasteiger partial charge in [0.1, 0.15) is 0 Å². The Bertz CT molecular complexity index is 1570. The molecule has 6 heteroatoms. The van der Waals surface area contributed by atoms with Crippen LogP contribution in [0.3, 0.4) is 0 Å². The molecule has 0 radical (unpaired) electrons. The van der Waals surface area contributed by atoms with E-state index in [1.54, 1.807) is 18.4 Å². The first kappa shape index (κ1) is 21.1. The highest BCUT2D eigenvalue weighted by atomic mass is 32.1. The van der Waals surface area contributed by atoms with Gasteiger partial charge in [0, 0.05) is 0 Å². The van der Waals surface area contributed by atoms with Crippen molar-refractivity contribution >= 4 is 34.2 Å². The highest BCUT2D eigenvalue weighted by Gasteiger charge is 2.34. The monoisotopic (exact) mass is 454 g/mol. The Morgan fingerprint density at radius 2 is 1.79 bits per heavy atom. The molecule has 1 aromatic heterocycles. The molecule has 0 bridgehead atoms. The summed E-state index contributed by atoms with van der Waals surface area (Å²) < 4.78 is 7.61. The fourth-order valence-electron chi connectivity index (χ4n) is 4.28. The zero-order chi connectivity index (χ0) is 22.9. The van der Waals surface area contributed by atoms with Crippen LogP contribution in [-0.4, -0.2) is 17.1 Å². The van der Waals surface area contributed by atoms with Gasteiger partial charge >= 0.3 is 5.97 Å². The largest absolute Gasteiger partial charge is 0.463 e. The maximum Gasteiger partial charge on any atom is 0.338 e. The van der Waals surface area contributed by atoms with Gasteiger partial charge in [0.2, 0.25) is 0 Å². The lowest BCUT2D eigenvalue weighted by molar-refractivity contribution is -0.139. The van der Waals surface area contributed by atoms with Crippen molar-refractivity contribution in [1.82, 2.24) is 4.57 Å². The van der Waals surface area contributed by atoms with Crippen LogP contribution in [0.2, 0.25) is 0 Å². The van der Waals surface area contributed by atoms with Gasteiger partial charge in [-0.05, 0) is 41.8 Å². The van der Waals surface area contributed by atoms with Crippen molar-refractivity contribution in [2.45, 2.75) is 19.9 Å². The van der Waals surface area contributed by atoms with E-state index in [4.69, 9.17) is 4.74 Å². The molecule has 0 saturated heterocycles. The lowest BCUT2D eigenvalue weighted by Crippen LogP contribution is -2.40. The maximum absolute atomic E-state index is 13.7. The number of carbonyl (C=O) groups is 1. The van der Waals surface area contributed by atoms with E-state index in [0.29, 0.717) is 20.6 Å². The molecule has 2 heterocycles. The summed E-state index contributed by atoms with van der Waals surface area (Å²) in [6.45, 7) is 3.82. The molecule has 0 aliphatic carbocycles. The summed E-state index contributed by atoms with van der Waals surface area (Å²) in [5.41, 5.74) is 2.60. The van der Waals surface area contributed by atoms with E-state index in [2.05, 4.69) is 4.99 Å². The molecule has 5 rings (SSSR count). The molecule has 0 fully saturated rings. The Morgan fingerprint density at radius 3 is 2.58 bits per heavy atom. The van der Waals surface area contributed by atoms with E-state index < -0.39 is 12.0 Å². The van der Waals surface area contributed by atoms with E-state index in [-0.39, 0.29) is 12.2 Å². The van der Waals surface area contributed by atoms with Gasteiger partial charge in [-0.3, -0.25) is 9.36 Å². The van der Waals surface area contributed by atoms with Crippen molar-refractivity contribution in [1.29, 1.82) is 0 Å². The molecule has 33 heavy (non-hydrogen) atoms. The predicted molar refractivity (Wildman–Crippen MR) is 131 cm³/mol. The number of esters is 1. The zero-order valence-electron chi connectivity index (χ0n) is 18.3. The van der Waals surface area contributed by atoms with E-state index in [1.165, 1.54) is 11.3 Å². The summed E-state index contributed by atoms with van der Waals surface area (Å²) >= 11 is 1.33. The van der Waals surface area contributed by atoms with Crippen LogP contribution in [0, 0.1) is 0 Å². The number of hydrogen-bond donors (Lipinski definition) is 0. The Kier molecular flexibility index (Phi) is 5.52. The lowest BCUT2D eigenvalue weighted by atomic mass is 9.91. The molecule has 0 saturated carbocycles. The molecule has 0 N–H and O–H groups in total. The van der Waals surface area contributed by atoms with Crippen molar-refractivity contribution in [3.63, 3.8) is 0 Å². The quantitative estimate of drug-likeness (QED) is 0.439. The average Bonchev–Trinajstić information content (AvgIpc) is 3.13. The number of allylic oxidation sites excluding steroid dienone is 1. The van der Waals surface area contributed by atoms with Gasteiger partial charge in [0.25, 0.3) is 5.56 Å². The minimum atomic E-state index is -0.621. The zero-order valence-corrected chi connectivity index (χ0v) is 19.1. The smallest absolute Gasteiger partial charge is 0.338 e. The highest BCUT2D eigenvalue weighted by Crippen LogP contribution is 2.34. The molecule has 1 aliphatic heterocycles. The van der Waals surface area contributed by atoms with Gasteiger partial charge in [-0.1, -0.05) is 84.1 Å². The summed E-state index contributed by atoms with van der Waals surface area (Å²) in [5, 5.41) is 2.03. The Hall–Kier alpha value is -3.77. The summed E-state index contributed by atoms with van der Waals surface area (Å²) in [6, 6.07) is 23.0. The number of thiazole rings is 1. The van der Waals surface area contributed by atoms with Gasteiger partial charge in [-0.2, -0.15) is 0 Å². The third-order valence-corrected chi connectivity index (χ3v) is 6.72. The molecular formula is C27H22N2O3S. The van der Waals surface area contributed by atoms with Gasteiger partial charge in [-0.15, -0.1) is 0 Å². The number of aromatic nitrogens is 1. The Morgan fingerprint density at radius 1 is 1.06 bits per heavy atom. The Balaban J connectivity index is 1.82. The summed E-state index contributed by atoms with van der Waals surface area (Å²) in [7, 11) is 0. The SMILES string of the molecule is CCOC(=O)C1=C(C)N=c2s/c(=C\c3ccccc3)c(=O)n2[C@@H]1c1cccc2ccccc12. The molecular weight excluding hydrogens is 432 g/mol. The van der Waals surface area contributed by atoms with Gasteiger partial charge in [0.15, 0.2) is 4.80 Å². The third-order valence-electron chi connectivity index (χ3n) is 5.73. The second-order valence-electron chi connectivity index (χ2n) is 7.78. The second kappa shape index (κ2) is 8.64. The predicted octanol–water partition coefficient (Wildman–Crippen LogP) is 3.95. The first-order valence-electron chi connectivity index (χ1n) is 10.8. The van der Waals surface area contributed by atoms with Crippen molar-refractivity contribution in [3.8, 4) is 0 Å². The first-order chi connectivity index (χ1) is 16.1. The number of carbonyl (C=O) groups excluding carboxylic acids is 1. The molecule has 164 valence electrons. The van der Waals surface area contributed by atoms with Crippen molar-refractivity contribution < 1.29 is 9.53 Å². The summed E-state index contributed by atoms with van der Waals surface area (Å²) in [5.74, 6) is -0.450. The fourth-order valence-corrected chi connectivity index (χ4v) is 5.32. The van der Waals surface area contributed by atoms with E-state index in [1.807, 2.05) is 78.9 Å². The molecule has 4 aromatic rings. The first-order valence-corrected chi connectivity index (χ1v) is 11.6. The lowest BCUT2D eigenvalue weighted by Gasteiger charge is -2.25. The van der Waals surface area contributed by atoms with E-state index in [9.17, 15) is 9.59 Å². The summed E-state index contributed by atoms with van der Waals surface area (Å²) in [6.07, 6.45) is 1.87. The topological polar surface area (TPSA) is 60.7 Å². The van der Waals surface area contributed by atoms with Crippen LogP contribution in [0.4, 0.5) is 0 Å². The molecule has 5 nitrogen and oxygen atoms in total. The average molecular weight is 455 g/mol. The number of fused-ring (bicyclic) bond motifs is 2. The number of ether oxygens (including phenoxy) is 1. The number of hydrogen-bond acceptors (Lipinski definition) is 5. The van der Waals surface area contributed by atoms with Gasteiger partial charge in [0.05, 0.1) is 28.5 Å². The van der Waals surface area contributed by atoms with Crippen molar-refractivity contribution in [3.05, 3.63) is 115 Å². The third kappa shape index (κ3) is 3.72. The van der Waals surface area contributed by atoms with E-state index >= 15 is 0 Å². The van der Waals surface area contributed by atoms with Crippen LogP contribution in [0.5, 0.6) is 0 Å². The Labute approximate surface area is 194 Å². The normalized spacial score (nSPS) is 15.9. The number of rotatable bonds is 4. The maximum atomic E-state index is 13.7. The molecule has 1 aliphatic rings. The minimum absolute atomic E-state index is 0.171. The molecule has 0 unspecified atom stereocenters. The highest BCUT2D eigenvalue weighted by molar-refractivity contribution is 7.07. The van der Waals surface area contributed by atoms with Crippen molar-refractivity contribution in [2.75, 3.05) is 6.61 Å². The van der Waals surface area contributed by atoms with Gasteiger partial charge < -0.3 is 4.74 Å². The van der Waals surface area contributed by atoms with Crippen LogP contribution < -0.4 is 14.9 Å². The van der Waals surface area contributed by atoms with Crippen LogP contribution in [-0.2, 0) is 9.53 Å². The summed E-state index contributed by atoms with van der Waals surface area (Å²) in [4.78, 5) is 32.0. The molecule has 0 spiro atoms. The molecule has 3 aromatic carbocycles. The molecule has 0 amide bonds. The fraction of sp³-hybridized carbons (Fsp3) is 0.148. The molecule has 1 atom stereocenters. The van der Waals surface area contributed by atoms with Crippen LogP contribution in [0.1, 0.15) is 31.0 Å². The second-order valence-corrected chi connectivity index (χ2v) is 8.79. The number of benzene rings is 3. The number of nitrogens with zero attached hydrogens (tertiary/aromatic N) is 2. The van der Waals surface area contributed by atoms with Crippen LogP contribution >= 0.6 is 11.3 Å². The minimum Gasteiger partial charge on any atom is -0.463 e. The van der Waals surface area contributed by atoms with E-state index in [0.717, 1.165) is 21.9 Å². The van der Waals surface area contributed by atoms with Crippen LogP contribution in [0.15, 0.2) is 93.9 Å². The van der Waals surface area contributed by atoms with Crippen molar-refractivity contribution in [2.24, 2.45) is 4.99 Å². The van der Waals surface area contributed by atoms with Gasteiger partial charge in [-0.25, -0.2) is 9.79 Å². The van der Waals surface area contributed by atoms with Crippen LogP contribution in [0.25, 0.3) is 16.8 Å².